The molecule has 0 saturated carbocycles. The minimum absolute atomic E-state index is 0.113. The average Bonchev–Trinajstić information content (AvgIpc) is 2.50. The van der Waals surface area contributed by atoms with Gasteiger partial charge < -0.3 is 24.6 Å². The summed E-state index contributed by atoms with van der Waals surface area (Å²) in [5.41, 5.74) is 0.403. The molecule has 0 bridgehead atoms. The highest BCUT2D eigenvalue weighted by Crippen LogP contribution is 2.28. The van der Waals surface area contributed by atoms with Gasteiger partial charge in [0.05, 0.1) is 19.3 Å². The number of carbonyl (C=O) groups excluding carboxylic acids is 1. The molecule has 2 N–H and O–H groups in total. The molecule has 0 aliphatic rings. The molecule has 0 atom stereocenters. The number of carboxylic acids is 1. The average molecular weight is 325 g/mol. The Kier molecular flexibility index (Phi) is 7.90. The Morgan fingerprint density at radius 1 is 1.22 bits per heavy atom. The van der Waals surface area contributed by atoms with Crippen molar-refractivity contribution >= 4 is 11.9 Å². The smallest absolute Gasteiger partial charge is 0.341 e. The van der Waals surface area contributed by atoms with Gasteiger partial charge in [0.1, 0.15) is 0 Å². The number of carbonyl (C=O) groups is 2. The maximum absolute atomic E-state index is 12.1. The first-order valence-corrected chi connectivity index (χ1v) is 7.45. The summed E-state index contributed by atoms with van der Waals surface area (Å²) in [6, 6.07) is 4.60. The van der Waals surface area contributed by atoms with Gasteiger partial charge in [0, 0.05) is 12.1 Å². The standard InChI is InChI=1S/C16H23NO6/c1-4-21-14-9-12(5-6-13(14)23-10-15(18)19)16(20)17-7-8-22-11(2)3/h5-6,9,11H,4,7-8,10H2,1-3H3,(H,17,20)(H,18,19). The zero-order valence-corrected chi connectivity index (χ0v) is 13.6. The van der Waals surface area contributed by atoms with Gasteiger partial charge in [-0.15, -0.1) is 0 Å². The maximum Gasteiger partial charge on any atom is 0.341 e. The molecule has 0 unspecified atom stereocenters. The SMILES string of the molecule is CCOc1cc(C(=O)NCCOC(C)C)ccc1OCC(=O)O. The van der Waals surface area contributed by atoms with Crippen LogP contribution in [-0.2, 0) is 9.53 Å². The molecular weight excluding hydrogens is 302 g/mol. The molecule has 0 aliphatic heterocycles. The molecule has 1 aromatic rings. The first-order chi connectivity index (χ1) is 10.9. The number of benzene rings is 1. The van der Waals surface area contributed by atoms with Crippen LogP contribution in [0.15, 0.2) is 18.2 Å². The normalized spacial score (nSPS) is 10.4. The van der Waals surface area contributed by atoms with Gasteiger partial charge in [-0.3, -0.25) is 4.79 Å². The second-order valence-corrected chi connectivity index (χ2v) is 4.95. The van der Waals surface area contributed by atoms with E-state index >= 15 is 0 Å². The Balaban J connectivity index is 2.69. The van der Waals surface area contributed by atoms with Gasteiger partial charge in [-0.1, -0.05) is 0 Å². The molecule has 0 radical (unpaired) electrons. The number of aliphatic carboxylic acids is 1. The van der Waals surface area contributed by atoms with E-state index < -0.39 is 12.6 Å². The molecule has 1 amide bonds. The molecule has 0 heterocycles. The molecule has 1 aromatic carbocycles. The summed E-state index contributed by atoms with van der Waals surface area (Å²) in [5.74, 6) is -0.726. The van der Waals surface area contributed by atoms with Gasteiger partial charge in [-0.25, -0.2) is 4.79 Å². The molecular formula is C16H23NO6. The molecule has 23 heavy (non-hydrogen) atoms. The lowest BCUT2D eigenvalue weighted by Crippen LogP contribution is -2.28. The summed E-state index contributed by atoms with van der Waals surface area (Å²) in [4.78, 5) is 22.6. The molecule has 0 saturated heterocycles. The van der Waals surface area contributed by atoms with Crippen molar-refractivity contribution in [3.63, 3.8) is 0 Å². The van der Waals surface area contributed by atoms with Crippen molar-refractivity contribution in [1.29, 1.82) is 0 Å². The Bertz CT molecular complexity index is 529. The van der Waals surface area contributed by atoms with Crippen LogP contribution in [0.4, 0.5) is 0 Å². The van der Waals surface area contributed by atoms with Gasteiger partial charge >= 0.3 is 5.97 Å². The van der Waals surface area contributed by atoms with Crippen LogP contribution in [0.1, 0.15) is 31.1 Å². The van der Waals surface area contributed by atoms with Gasteiger partial charge in [0.15, 0.2) is 18.1 Å². The van der Waals surface area contributed by atoms with Crippen molar-refractivity contribution in [1.82, 2.24) is 5.32 Å². The fourth-order valence-electron chi connectivity index (χ4n) is 1.74. The number of nitrogens with one attached hydrogen (secondary N) is 1. The highest BCUT2D eigenvalue weighted by Gasteiger charge is 2.12. The predicted molar refractivity (Wildman–Crippen MR) is 84.2 cm³/mol. The number of carboxylic acid groups (broad SMARTS) is 1. The van der Waals surface area contributed by atoms with E-state index in [1.165, 1.54) is 12.1 Å². The third-order valence-electron chi connectivity index (χ3n) is 2.70. The molecule has 128 valence electrons. The number of hydrogen-bond donors (Lipinski definition) is 2. The van der Waals surface area contributed by atoms with Crippen molar-refractivity contribution in [2.75, 3.05) is 26.4 Å². The highest BCUT2D eigenvalue weighted by molar-refractivity contribution is 5.94. The van der Waals surface area contributed by atoms with E-state index in [0.29, 0.717) is 31.1 Å². The summed E-state index contributed by atoms with van der Waals surface area (Å²) >= 11 is 0. The Labute approximate surface area is 135 Å². The quantitative estimate of drug-likeness (QED) is 0.636. The van der Waals surface area contributed by atoms with E-state index in [1.54, 1.807) is 13.0 Å². The largest absolute Gasteiger partial charge is 0.490 e. The van der Waals surface area contributed by atoms with Crippen LogP contribution in [0, 0.1) is 0 Å². The van der Waals surface area contributed by atoms with Crippen LogP contribution in [-0.4, -0.2) is 49.5 Å². The second-order valence-electron chi connectivity index (χ2n) is 4.95. The zero-order chi connectivity index (χ0) is 17.2. The van der Waals surface area contributed by atoms with Crippen LogP contribution in [0.2, 0.25) is 0 Å². The molecule has 7 nitrogen and oxygen atoms in total. The van der Waals surface area contributed by atoms with E-state index in [-0.39, 0.29) is 17.8 Å². The molecule has 0 spiro atoms. The Morgan fingerprint density at radius 3 is 2.57 bits per heavy atom. The predicted octanol–water partition coefficient (Wildman–Crippen LogP) is 1.70. The number of hydrogen-bond acceptors (Lipinski definition) is 5. The Hall–Kier alpha value is -2.28. The number of ether oxygens (including phenoxy) is 3. The van der Waals surface area contributed by atoms with E-state index in [2.05, 4.69) is 5.32 Å². The number of amides is 1. The summed E-state index contributed by atoms with van der Waals surface area (Å²) in [7, 11) is 0. The highest BCUT2D eigenvalue weighted by atomic mass is 16.5. The minimum atomic E-state index is -1.08. The van der Waals surface area contributed by atoms with Crippen LogP contribution in [0.5, 0.6) is 11.5 Å². The van der Waals surface area contributed by atoms with Crippen LogP contribution in [0.25, 0.3) is 0 Å². The Morgan fingerprint density at radius 2 is 1.96 bits per heavy atom. The van der Waals surface area contributed by atoms with Gasteiger partial charge in [0.2, 0.25) is 0 Å². The van der Waals surface area contributed by atoms with Gasteiger partial charge in [-0.2, -0.15) is 0 Å². The first kappa shape index (κ1) is 18.8. The van der Waals surface area contributed by atoms with Crippen molar-refractivity contribution in [3.8, 4) is 11.5 Å². The van der Waals surface area contributed by atoms with Crippen LogP contribution >= 0.6 is 0 Å². The monoisotopic (exact) mass is 325 g/mol. The van der Waals surface area contributed by atoms with Crippen molar-refractivity contribution < 1.29 is 28.9 Å². The van der Waals surface area contributed by atoms with Crippen molar-refractivity contribution in [2.24, 2.45) is 0 Å². The third-order valence-corrected chi connectivity index (χ3v) is 2.70. The van der Waals surface area contributed by atoms with Crippen LogP contribution in [0.3, 0.4) is 0 Å². The van der Waals surface area contributed by atoms with Gasteiger partial charge in [-0.05, 0) is 39.0 Å². The van der Waals surface area contributed by atoms with Crippen molar-refractivity contribution in [2.45, 2.75) is 26.9 Å². The summed E-state index contributed by atoms with van der Waals surface area (Å²) in [5, 5.41) is 11.4. The zero-order valence-electron chi connectivity index (χ0n) is 13.6. The first-order valence-electron chi connectivity index (χ1n) is 7.45. The summed E-state index contributed by atoms with van der Waals surface area (Å²) in [6.07, 6.45) is 0.113. The fraction of sp³-hybridized carbons (Fsp3) is 0.500. The topological polar surface area (TPSA) is 94.1 Å². The van der Waals surface area contributed by atoms with E-state index in [4.69, 9.17) is 19.3 Å². The van der Waals surface area contributed by atoms with E-state index in [0.717, 1.165) is 0 Å². The summed E-state index contributed by atoms with van der Waals surface area (Å²) in [6.45, 7) is 6.36. The van der Waals surface area contributed by atoms with E-state index in [1.807, 2.05) is 13.8 Å². The molecule has 0 fully saturated rings. The molecule has 0 aliphatic carbocycles. The summed E-state index contributed by atoms with van der Waals surface area (Å²) < 4.78 is 15.9. The lowest BCUT2D eigenvalue weighted by atomic mass is 10.2. The maximum atomic E-state index is 12.1. The third kappa shape index (κ3) is 7.01. The molecule has 7 heteroatoms. The fourth-order valence-corrected chi connectivity index (χ4v) is 1.74. The van der Waals surface area contributed by atoms with Gasteiger partial charge in [0.25, 0.3) is 5.91 Å². The number of rotatable bonds is 10. The second kappa shape index (κ2) is 9.68. The van der Waals surface area contributed by atoms with Crippen molar-refractivity contribution in [3.05, 3.63) is 23.8 Å². The minimum Gasteiger partial charge on any atom is -0.490 e. The van der Waals surface area contributed by atoms with E-state index in [9.17, 15) is 9.59 Å². The molecule has 0 aromatic heterocycles. The lowest BCUT2D eigenvalue weighted by molar-refractivity contribution is -0.139. The lowest BCUT2D eigenvalue weighted by Gasteiger charge is -2.13. The van der Waals surface area contributed by atoms with Crippen LogP contribution < -0.4 is 14.8 Å². The molecule has 1 rings (SSSR count).